The van der Waals surface area contributed by atoms with Crippen LogP contribution in [0.15, 0.2) is 72.8 Å². The Kier molecular flexibility index (Phi) is 6.11. The van der Waals surface area contributed by atoms with Gasteiger partial charge in [-0.2, -0.15) is 0 Å². The molecule has 0 unspecified atom stereocenters. The van der Waals surface area contributed by atoms with Crippen molar-refractivity contribution < 1.29 is 15.0 Å². The van der Waals surface area contributed by atoms with Crippen molar-refractivity contribution in [2.24, 2.45) is 5.73 Å². The van der Waals surface area contributed by atoms with Crippen molar-refractivity contribution in [3.05, 3.63) is 89.5 Å². The molecule has 0 saturated carbocycles. The summed E-state index contributed by atoms with van der Waals surface area (Å²) >= 11 is 0. The number of nitrogens with two attached hydrogens (primary N) is 1. The summed E-state index contributed by atoms with van der Waals surface area (Å²) in [4.78, 5) is 13.4. The summed E-state index contributed by atoms with van der Waals surface area (Å²) < 4.78 is 0. The molecule has 0 spiro atoms. The predicted octanol–water partition coefficient (Wildman–Crippen LogP) is 4.61. The van der Waals surface area contributed by atoms with Gasteiger partial charge in [-0.25, -0.2) is 4.79 Å². The molecule has 6 heteroatoms. The van der Waals surface area contributed by atoms with Crippen LogP contribution in [0.3, 0.4) is 0 Å². The molecule has 5 nitrogen and oxygen atoms in total. The number of hydrogen-bond acceptors (Lipinski definition) is 3. The topological polar surface area (TPSA) is 86.8 Å². The Morgan fingerprint density at radius 2 is 1.45 bits per heavy atom. The zero-order chi connectivity index (χ0) is 19.7. The Morgan fingerprint density at radius 1 is 0.931 bits per heavy atom. The van der Waals surface area contributed by atoms with E-state index in [1.54, 1.807) is 24.3 Å². The highest BCUT2D eigenvalue weighted by Crippen LogP contribution is 2.44. The fourth-order valence-electron chi connectivity index (χ4n) is 3.97. The lowest BCUT2D eigenvalue weighted by molar-refractivity contribution is 0.140. The monoisotopic (exact) mass is 410 g/mol. The fraction of sp³-hybridized carbons (Fsp3) is 0.174. The number of aromatic hydroxyl groups is 1. The highest BCUT2D eigenvalue weighted by Gasteiger charge is 2.31. The van der Waals surface area contributed by atoms with Crippen LogP contribution < -0.4 is 5.73 Å². The average Bonchev–Trinajstić information content (AvgIpc) is 3.02. The Hall–Kier alpha value is -3.02. The number of carboxylic acid groups (broad SMARTS) is 1. The maximum atomic E-state index is 12.0. The average molecular weight is 411 g/mol. The summed E-state index contributed by atoms with van der Waals surface area (Å²) in [5.41, 5.74) is 11.7. The summed E-state index contributed by atoms with van der Waals surface area (Å²) in [6.45, 7) is 0.524. The van der Waals surface area contributed by atoms with Crippen LogP contribution in [0.4, 0.5) is 4.79 Å². The second kappa shape index (κ2) is 8.55. The minimum atomic E-state index is -0.990. The number of rotatable bonds is 5. The summed E-state index contributed by atoms with van der Waals surface area (Å²) in [7, 11) is 0. The Bertz CT molecular complexity index is 962. The van der Waals surface area contributed by atoms with E-state index in [9.17, 15) is 15.0 Å². The van der Waals surface area contributed by atoms with Crippen molar-refractivity contribution in [3.8, 4) is 16.9 Å². The first-order valence-corrected chi connectivity index (χ1v) is 9.25. The molecule has 4 rings (SSSR count). The minimum Gasteiger partial charge on any atom is -0.508 e. The van der Waals surface area contributed by atoms with E-state index < -0.39 is 12.1 Å². The summed E-state index contributed by atoms with van der Waals surface area (Å²) in [5, 5.41) is 19.2. The number of nitrogens with zero attached hydrogens (tertiary/aromatic N) is 1. The van der Waals surface area contributed by atoms with E-state index >= 15 is 0 Å². The third kappa shape index (κ3) is 4.06. The molecule has 3 aromatic carbocycles. The van der Waals surface area contributed by atoms with Crippen molar-refractivity contribution >= 4 is 18.5 Å². The number of amides is 1. The minimum absolute atomic E-state index is 0. The van der Waals surface area contributed by atoms with Gasteiger partial charge < -0.3 is 20.8 Å². The highest BCUT2D eigenvalue weighted by molar-refractivity contribution is 5.85. The molecule has 29 heavy (non-hydrogen) atoms. The van der Waals surface area contributed by atoms with E-state index in [2.05, 4.69) is 24.3 Å². The van der Waals surface area contributed by atoms with Crippen LogP contribution >= 0.6 is 12.4 Å². The molecular weight excluding hydrogens is 388 g/mol. The normalized spacial score (nSPS) is 13.1. The maximum absolute atomic E-state index is 12.0. The number of benzene rings is 3. The maximum Gasteiger partial charge on any atom is 0.407 e. The molecule has 0 heterocycles. The molecule has 0 bridgehead atoms. The molecule has 1 atom stereocenters. The number of fused-ring (bicyclic) bond motifs is 3. The molecule has 3 aromatic rings. The largest absolute Gasteiger partial charge is 0.508 e. The van der Waals surface area contributed by atoms with E-state index in [0.717, 1.165) is 27.8 Å². The molecule has 150 valence electrons. The highest BCUT2D eigenvalue weighted by atomic mass is 35.5. The predicted molar refractivity (Wildman–Crippen MR) is 116 cm³/mol. The van der Waals surface area contributed by atoms with E-state index in [1.165, 1.54) is 4.90 Å². The van der Waals surface area contributed by atoms with Gasteiger partial charge in [-0.1, -0.05) is 60.7 Å². The molecule has 0 saturated heterocycles. The van der Waals surface area contributed by atoms with E-state index in [0.29, 0.717) is 6.54 Å². The van der Waals surface area contributed by atoms with Gasteiger partial charge in [0.25, 0.3) is 0 Å². The van der Waals surface area contributed by atoms with Gasteiger partial charge in [0.2, 0.25) is 0 Å². The molecule has 4 N–H and O–H groups in total. The molecule has 1 aliphatic carbocycles. The molecule has 0 radical (unpaired) electrons. The van der Waals surface area contributed by atoms with Crippen molar-refractivity contribution in [2.45, 2.75) is 12.0 Å². The third-order valence-corrected chi connectivity index (χ3v) is 5.37. The van der Waals surface area contributed by atoms with Crippen molar-refractivity contribution in [1.82, 2.24) is 4.90 Å². The van der Waals surface area contributed by atoms with Gasteiger partial charge in [-0.15, -0.1) is 12.4 Å². The Morgan fingerprint density at radius 3 is 1.97 bits per heavy atom. The van der Waals surface area contributed by atoms with Crippen LogP contribution in [0, 0.1) is 0 Å². The number of phenolic OH excluding ortho intramolecular Hbond substituents is 1. The first-order chi connectivity index (χ1) is 13.5. The first-order valence-electron chi connectivity index (χ1n) is 9.25. The van der Waals surface area contributed by atoms with Gasteiger partial charge >= 0.3 is 6.09 Å². The second-order valence-corrected chi connectivity index (χ2v) is 7.11. The summed E-state index contributed by atoms with van der Waals surface area (Å²) in [5.74, 6) is 0.140. The van der Waals surface area contributed by atoms with Gasteiger partial charge in [-0.3, -0.25) is 0 Å². The third-order valence-electron chi connectivity index (χ3n) is 5.37. The van der Waals surface area contributed by atoms with Crippen LogP contribution in [-0.4, -0.2) is 34.3 Å². The van der Waals surface area contributed by atoms with Gasteiger partial charge in [-0.05, 0) is 39.9 Å². The van der Waals surface area contributed by atoms with Gasteiger partial charge in [0.15, 0.2) is 0 Å². The molecule has 1 aliphatic rings. The molecule has 0 fully saturated rings. The van der Waals surface area contributed by atoms with E-state index in [-0.39, 0.29) is 30.6 Å². The van der Waals surface area contributed by atoms with Gasteiger partial charge in [0.05, 0.1) is 0 Å². The van der Waals surface area contributed by atoms with Crippen molar-refractivity contribution in [3.63, 3.8) is 0 Å². The molecule has 0 aromatic heterocycles. The van der Waals surface area contributed by atoms with Crippen LogP contribution in [0.1, 0.15) is 28.7 Å². The van der Waals surface area contributed by atoms with E-state index in [1.807, 2.05) is 24.3 Å². The lowest BCUT2D eigenvalue weighted by Crippen LogP contribution is -2.38. The fourth-order valence-corrected chi connectivity index (χ4v) is 3.97. The summed E-state index contributed by atoms with van der Waals surface area (Å²) in [6, 6.07) is 22.4. The Balaban J connectivity index is 0.00000240. The van der Waals surface area contributed by atoms with Crippen LogP contribution in [-0.2, 0) is 0 Å². The zero-order valence-corrected chi connectivity index (χ0v) is 16.5. The van der Waals surface area contributed by atoms with Gasteiger partial charge in [0, 0.05) is 25.0 Å². The number of carbonyl (C=O) groups is 1. The number of phenols is 1. The number of halogens is 1. The van der Waals surface area contributed by atoms with Crippen molar-refractivity contribution in [1.29, 1.82) is 0 Å². The first kappa shape index (κ1) is 20.7. The molecular formula is C23H23ClN2O3. The smallest absolute Gasteiger partial charge is 0.407 e. The molecule has 0 aliphatic heterocycles. The lowest BCUT2D eigenvalue weighted by atomic mass is 9.96. The Labute approximate surface area is 175 Å². The van der Waals surface area contributed by atoms with Crippen molar-refractivity contribution in [2.75, 3.05) is 13.1 Å². The van der Waals surface area contributed by atoms with Crippen LogP contribution in [0.5, 0.6) is 5.75 Å². The van der Waals surface area contributed by atoms with Crippen LogP contribution in [0.25, 0.3) is 11.1 Å². The SMILES string of the molecule is Cl.N[C@H](CN(CC1c2ccccc2-c2ccccc21)C(=O)O)c1ccc(O)cc1. The standard InChI is InChI=1S/C23H22N2O3.ClH/c24-22(15-9-11-16(26)12-10-15)14-25(23(27)28)13-21-19-7-3-1-5-17(19)18-6-2-4-8-20(18)21;/h1-12,21-22,26H,13-14,24H2,(H,27,28);1H/t22-;/m1./s1. The van der Waals surface area contributed by atoms with E-state index in [4.69, 9.17) is 5.73 Å². The van der Waals surface area contributed by atoms with Crippen LogP contribution in [0.2, 0.25) is 0 Å². The zero-order valence-electron chi connectivity index (χ0n) is 15.7. The lowest BCUT2D eigenvalue weighted by Gasteiger charge is -2.27. The summed E-state index contributed by atoms with van der Waals surface area (Å²) in [6.07, 6.45) is -0.990. The second-order valence-electron chi connectivity index (χ2n) is 7.11. The molecule has 1 amide bonds. The quantitative estimate of drug-likeness (QED) is 0.573. The van der Waals surface area contributed by atoms with Gasteiger partial charge in [0.1, 0.15) is 5.75 Å². The number of hydrogen-bond donors (Lipinski definition) is 3.